The minimum Gasteiger partial charge on any atom is -0.379 e. The van der Waals surface area contributed by atoms with Crippen molar-refractivity contribution in [1.29, 1.82) is 0 Å². The summed E-state index contributed by atoms with van der Waals surface area (Å²) < 4.78 is 5.73. The number of amides is 1. The van der Waals surface area contributed by atoms with Crippen LogP contribution < -0.4 is 16.4 Å². The van der Waals surface area contributed by atoms with E-state index in [0.29, 0.717) is 29.5 Å². The van der Waals surface area contributed by atoms with E-state index in [1.165, 1.54) is 19.3 Å². The van der Waals surface area contributed by atoms with Gasteiger partial charge in [0.15, 0.2) is 0 Å². The van der Waals surface area contributed by atoms with E-state index in [2.05, 4.69) is 27.5 Å². The van der Waals surface area contributed by atoms with E-state index >= 15 is 0 Å². The maximum atomic E-state index is 11.9. The quantitative estimate of drug-likeness (QED) is 0.624. The molecule has 2 aliphatic rings. The third-order valence-electron chi connectivity index (χ3n) is 6.34. The van der Waals surface area contributed by atoms with E-state index < -0.39 is 5.91 Å². The second-order valence-electron chi connectivity index (χ2n) is 8.21. The van der Waals surface area contributed by atoms with Crippen molar-refractivity contribution in [2.45, 2.75) is 95.7 Å². The molecule has 0 radical (unpaired) electrons. The van der Waals surface area contributed by atoms with Gasteiger partial charge in [-0.2, -0.15) is 4.98 Å². The van der Waals surface area contributed by atoms with E-state index in [1.54, 1.807) is 6.20 Å². The fraction of sp³-hybridized carbons (Fsp3) is 0.762. The first-order valence-electron chi connectivity index (χ1n) is 10.9. The second kappa shape index (κ2) is 9.54. The lowest BCUT2D eigenvalue weighted by Crippen LogP contribution is -2.40. The predicted molar refractivity (Wildman–Crippen MR) is 112 cm³/mol. The number of ether oxygens (including phenoxy) is 1. The average Bonchev–Trinajstić information content (AvgIpc) is 2.70. The molecule has 0 atom stereocenters. The molecule has 1 amide bonds. The number of nitrogens with two attached hydrogens (primary N) is 1. The lowest BCUT2D eigenvalue weighted by molar-refractivity contribution is 0.0346. The highest BCUT2D eigenvalue weighted by molar-refractivity contribution is 5.97. The molecule has 4 N–H and O–H groups in total. The number of rotatable bonds is 8. The summed E-state index contributed by atoms with van der Waals surface area (Å²) in [7, 11) is 0. The van der Waals surface area contributed by atoms with Gasteiger partial charge in [0.25, 0.3) is 5.91 Å². The third-order valence-corrected chi connectivity index (χ3v) is 6.34. The maximum Gasteiger partial charge on any atom is 0.254 e. The normalized spacial score (nSPS) is 24.5. The SMILES string of the molecule is CCOC1CCC(Nc2ncc(C(N)=O)c(NC3(CC)CCCCC3)n2)CC1. The first-order chi connectivity index (χ1) is 13.5. The molecule has 1 aromatic heterocycles. The summed E-state index contributed by atoms with van der Waals surface area (Å²) >= 11 is 0. The number of nitrogens with zero attached hydrogens (tertiary/aromatic N) is 2. The van der Waals surface area contributed by atoms with Crippen LogP contribution in [0.25, 0.3) is 0 Å². The molecular formula is C21H35N5O2. The van der Waals surface area contributed by atoms with Crippen LogP contribution in [0.1, 0.15) is 88.4 Å². The number of hydrogen-bond donors (Lipinski definition) is 3. The van der Waals surface area contributed by atoms with E-state index in [4.69, 9.17) is 10.5 Å². The molecule has 2 aliphatic carbocycles. The number of nitrogens with one attached hydrogen (secondary N) is 2. The van der Waals surface area contributed by atoms with Crippen LogP contribution in [0.3, 0.4) is 0 Å². The molecule has 3 rings (SSSR count). The minimum absolute atomic E-state index is 0.0103. The second-order valence-corrected chi connectivity index (χ2v) is 8.21. The fourth-order valence-electron chi connectivity index (χ4n) is 4.57. The molecule has 0 aromatic carbocycles. The van der Waals surface area contributed by atoms with Crippen molar-refractivity contribution in [1.82, 2.24) is 9.97 Å². The summed E-state index contributed by atoms with van der Waals surface area (Å²) in [6.07, 6.45) is 13.0. The van der Waals surface area contributed by atoms with E-state index in [9.17, 15) is 4.79 Å². The summed E-state index contributed by atoms with van der Waals surface area (Å²) in [6, 6.07) is 0.332. The Hall–Kier alpha value is -1.89. The van der Waals surface area contributed by atoms with Gasteiger partial charge in [0.2, 0.25) is 5.95 Å². The van der Waals surface area contributed by atoms with Crippen molar-refractivity contribution in [3.63, 3.8) is 0 Å². The van der Waals surface area contributed by atoms with Crippen molar-refractivity contribution >= 4 is 17.7 Å². The molecule has 1 heterocycles. The highest BCUT2D eigenvalue weighted by atomic mass is 16.5. The van der Waals surface area contributed by atoms with Crippen LogP contribution in [0.2, 0.25) is 0 Å². The van der Waals surface area contributed by atoms with Gasteiger partial charge in [-0.05, 0) is 51.9 Å². The van der Waals surface area contributed by atoms with Gasteiger partial charge < -0.3 is 21.1 Å². The summed E-state index contributed by atoms with van der Waals surface area (Å²) in [5, 5.41) is 7.03. The number of carbonyl (C=O) groups is 1. The Labute approximate surface area is 168 Å². The molecule has 0 bridgehead atoms. The standard InChI is InChI=1S/C21H35N5O2/c1-3-21(12-6-5-7-13-21)26-19-17(18(22)27)14-23-20(25-19)24-15-8-10-16(11-9-15)28-4-2/h14-16H,3-13H2,1-2H3,(H2,22,27)(H2,23,24,25,26). The molecule has 0 saturated heterocycles. The Morgan fingerprint density at radius 3 is 2.54 bits per heavy atom. The molecule has 2 saturated carbocycles. The topological polar surface area (TPSA) is 102 Å². The molecular weight excluding hydrogens is 354 g/mol. The zero-order valence-corrected chi connectivity index (χ0v) is 17.3. The average molecular weight is 390 g/mol. The van der Waals surface area contributed by atoms with Gasteiger partial charge in [0.1, 0.15) is 5.82 Å². The van der Waals surface area contributed by atoms with Crippen LogP contribution in [0, 0.1) is 0 Å². The van der Waals surface area contributed by atoms with Crippen LogP contribution in [-0.2, 0) is 4.74 Å². The monoisotopic (exact) mass is 389 g/mol. The van der Waals surface area contributed by atoms with E-state index in [-0.39, 0.29) is 5.54 Å². The summed E-state index contributed by atoms with van der Waals surface area (Å²) in [5.74, 6) is 0.638. The highest BCUT2D eigenvalue weighted by Crippen LogP contribution is 2.35. The number of carbonyl (C=O) groups excluding carboxylic acids is 1. The lowest BCUT2D eigenvalue weighted by Gasteiger charge is -2.38. The Balaban J connectivity index is 1.72. The summed E-state index contributed by atoms with van der Waals surface area (Å²) in [5.41, 5.74) is 5.94. The van der Waals surface area contributed by atoms with Crippen molar-refractivity contribution in [3.8, 4) is 0 Å². The lowest BCUT2D eigenvalue weighted by atomic mass is 9.79. The number of anilines is 2. The molecule has 7 nitrogen and oxygen atoms in total. The van der Waals surface area contributed by atoms with Crippen molar-refractivity contribution in [2.24, 2.45) is 5.73 Å². The van der Waals surface area contributed by atoms with E-state index in [0.717, 1.165) is 51.6 Å². The van der Waals surface area contributed by atoms with Gasteiger partial charge in [-0.1, -0.05) is 26.2 Å². The molecule has 1 aromatic rings. The van der Waals surface area contributed by atoms with Gasteiger partial charge in [-0.15, -0.1) is 0 Å². The Kier molecular flexibility index (Phi) is 7.10. The largest absolute Gasteiger partial charge is 0.379 e. The number of aromatic nitrogens is 2. The van der Waals surface area contributed by atoms with Crippen LogP contribution in [-0.4, -0.2) is 40.2 Å². The Morgan fingerprint density at radius 1 is 1.21 bits per heavy atom. The van der Waals surface area contributed by atoms with Crippen molar-refractivity contribution in [3.05, 3.63) is 11.8 Å². The summed E-state index contributed by atoms with van der Waals surface area (Å²) in [6.45, 7) is 5.01. The summed E-state index contributed by atoms with van der Waals surface area (Å²) in [4.78, 5) is 20.9. The molecule has 0 spiro atoms. The van der Waals surface area contributed by atoms with Gasteiger partial charge >= 0.3 is 0 Å². The fourth-order valence-corrected chi connectivity index (χ4v) is 4.57. The van der Waals surface area contributed by atoms with Crippen LogP contribution in [0.15, 0.2) is 6.20 Å². The highest BCUT2D eigenvalue weighted by Gasteiger charge is 2.32. The van der Waals surface area contributed by atoms with Gasteiger partial charge in [0, 0.05) is 24.4 Å². The first-order valence-corrected chi connectivity index (χ1v) is 10.9. The number of primary amides is 1. The third kappa shape index (κ3) is 5.13. The minimum atomic E-state index is -0.492. The first kappa shape index (κ1) is 20.8. The Bertz CT molecular complexity index is 652. The van der Waals surface area contributed by atoms with Crippen LogP contribution in [0.4, 0.5) is 11.8 Å². The predicted octanol–water partition coefficient (Wildman–Crippen LogP) is 3.86. The number of hydrogen-bond acceptors (Lipinski definition) is 6. The van der Waals surface area contributed by atoms with Crippen molar-refractivity contribution in [2.75, 3.05) is 17.2 Å². The van der Waals surface area contributed by atoms with Crippen LogP contribution in [0.5, 0.6) is 0 Å². The van der Waals surface area contributed by atoms with E-state index in [1.807, 2.05) is 6.92 Å². The van der Waals surface area contributed by atoms with Crippen LogP contribution >= 0.6 is 0 Å². The zero-order valence-electron chi connectivity index (χ0n) is 17.3. The molecule has 0 unspecified atom stereocenters. The van der Waals surface area contributed by atoms with Crippen molar-refractivity contribution < 1.29 is 9.53 Å². The molecule has 156 valence electrons. The molecule has 0 aliphatic heterocycles. The van der Waals surface area contributed by atoms with Gasteiger partial charge in [0.05, 0.1) is 11.7 Å². The molecule has 7 heteroatoms. The smallest absolute Gasteiger partial charge is 0.254 e. The Morgan fingerprint density at radius 2 is 1.93 bits per heavy atom. The molecule has 2 fully saturated rings. The van der Waals surface area contributed by atoms with Gasteiger partial charge in [-0.3, -0.25) is 4.79 Å². The molecule has 28 heavy (non-hydrogen) atoms. The zero-order chi connectivity index (χ0) is 20.0. The maximum absolute atomic E-state index is 11.9. The van der Waals surface area contributed by atoms with Gasteiger partial charge in [-0.25, -0.2) is 4.98 Å².